The number of hydrogen-bond acceptors (Lipinski definition) is 6. The molecule has 0 atom stereocenters. The Bertz CT molecular complexity index is 1020. The number of aromatic nitrogens is 2. The van der Waals surface area contributed by atoms with Crippen molar-refractivity contribution >= 4 is 51.5 Å². The van der Waals surface area contributed by atoms with E-state index in [1.807, 2.05) is 16.8 Å². The Morgan fingerprint density at radius 2 is 2.21 bits per heavy atom. The first-order chi connectivity index (χ1) is 13.5. The maximum atomic E-state index is 12.9. The number of methoxy groups -OCH3 is 1. The summed E-state index contributed by atoms with van der Waals surface area (Å²) in [5.41, 5.74) is 1.45. The van der Waals surface area contributed by atoms with E-state index in [0.717, 1.165) is 5.56 Å². The SMILES string of the molecule is COCCn1c(SCC(=O)N(C)Cc2ccsc2)nc2cc(Cl)ccc2c1=O. The molecule has 0 aliphatic rings. The average molecular weight is 438 g/mol. The fraction of sp³-hybridized carbons (Fsp3) is 0.316. The van der Waals surface area contributed by atoms with Crippen LogP contribution in [0.15, 0.2) is 45.0 Å². The Labute approximate surface area is 176 Å². The molecule has 0 bridgehead atoms. The van der Waals surface area contributed by atoms with Gasteiger partial charge < -0.3 is 9.64 Å². The molecular formula is C19H20ClN3O3S2. The number of carbonyl (C=O) groups excluding carboxylic acids is 1. The predicted octanol–water partition coefficient (Wildman–Crippen LogP) is 3.51. The van der Waals surface area contributed by atoms with Crippen LogP contribution in [0.4, 0.5) is 0 Å². The summed E-state index contributed by atoms with van der Waals surface area (Å²) in [5.74, 6) is 0.154. The van der Waals surface area contributed by atoms with Crippen molar-refractivity contribution in [3.05, 3.63) is 56.0 Å². The van der Waals surface area contributed by atoms with Crippen LogP contribution in [0.2, 0.25) is 5.02 Å². The van der Waals surface area contributed by atoms with Crippen molar-refractivity contribution in [2.45, 2.75) is 18.2 Å². The zero-order valence-corrected chi connectivity index (χ0v) is 17.9. The van der Waals surface area contributed by atoms with Crippen LogP contribution < -0.4 is 5.56 Å². The minimum atomic E-state index is -0.166. The number of rotatable bonds is 8. The second-order valence-corrected chi connectivity index (χ2v) is 8.33. The van der Waals surface area contributed by atoms with Crippen LogP contribution in [0.25, 0.3) is 10.9 Å². The van der Waals surface area contributed by atoms with Gasteiger partial charge in [0.2, 0.25) is 5.91 Å². The van der Waals surface area contributed by atoms with E-state index >= 15 is 0 Å². The summed E-state index contributed by atoms with van der Waals surface area (Å²) in [6, 6.07) is 7.00. The standard InChI is InChI=1S/C19H20ClN3O3S2/c1-22(10-13-5-8-27-11-13)17(24)12-28-19-21-16-9-14(20)3-4-15(16)18(25)23(19)6-7-26-2/h3-5,8-9,11H,6-7,10,12H2,1-2H3. The van der Waals surface area contributed by atoms with Crippen molar-refractivity contribution in [3.8, 4) is 0 Å². The normalized spacial score (nSPS) is 11.1. The molecule has 0 saturated carbocycles. The van der Waals surface area contributed by atoms with Crippen LogP contribution in [-0.4, -0.2) is 46.9 Å². The molecule has 2 heterocycles. The van der Waals surface area contributed by atoms with Crippen molar-refractivity contribution in [2.75, 3.05) is 26.5 Å². The first-order valence-corrected chi connectivity index (χ1v) is 10.9. The van der Waals surface area contributed by atoms with E-state index in [0.29, 0.717) is 40.8 Å². The third-order valence-corrected chi connectivity index (χ3v) is 6.08. The molecule has 0 aliphatic heterocycles. The van der Waals surface area contributed by atoms with Crippen molar-refractivity contribution in [3.63, 3.8) is 0 Å². The van der Waals surface area contributed by atoms with Crippen LogP contribution in [-0.2, 0) is 22.6 Å². The maximum Gasteiger partial charge on any atom is 0.262 e. The maximum absolute atomic E-state index is 12.9. The number of fused-ring (bicyclic) bond motifs is 1. The molecule has 0 N–H and O–H groups in total. The van der Waals surface area contributed by atoms with Gasteiger partial charge in [-0.15, -0.1) is 0 Å². The van der Waals surface area contributed by atoms with Crippen LogP contribution in [0, 0.1) is 0 Å². The molecule has 9 heteroatoms. The lowest BCUT2D eigenvalue weighted by molar-refractivity contribution is -0.127. The van der Waals surface area contributed by atoms with E-state index in [2.05, 4.69) is 4.98 Å². The summed E-state index contributed by atoms with van der Waals surface area (Å²) in [4.78, 5) is 31.6. The molecule has 6 nitrogen and oxygen atoms in total. The van der Waals surface area contributed by atoms with Crippen LogP contribution in [0.5, 0.6) is 0 Å². The highest BCUT2D eigenvalue weighted by atomic mass is 35.5. The van der Waals surface area contributed by atoms with Gasteiger partial charge in [-0.1, -0.05) is 23.4 Å². The number of amides is 1. The number of nitrogens with zero attached hydrogens (tertiary/aromatic N) is 3. The van der Waals surface area contributed by atoms with E-state index in [1.165, 1.54) is 11.8 Å². The lowest BCUT2D eigenvalue weighted by Gasteiger charge is -2.17. The van der Waals surface area contributed by atoms with Gasteiger partial charge in [-0.25, -0.2) is 4.98 Å². The summed E-state index contributed by atoms with van der Waals surface area (Å²) in [6.07, 6.45) is 0. The number of hydrogen-bond donors (Lipinski definition) is 0. The highest BCUT2D eigenvalue weighted by Crippen LogP contribution is 2.21. The molecule has 1 amide bonds. The molecule has 0 saturated heterocycles. The molecule has 3 aromatic rings. The number of benzene rings is 1. The minimum Gasteiger partial charge on any atom is -0.383 e. The van der Waals surface area contributed by atoms with E-state index in [-0.39, 0.29) is 17.2 Å². The van der Waals surface area contributed by atoms with Gasteiger partial charge >= 0.3 is 0 Å². The molecule has 0 radical (unpaired) electrons. The number of halogens is 1. The average Bonchev–Trinajstić information content (AvgIpc) is 3.18. The van der Waals surface area contributed by atoms with Gasteiger partial charge in [0.05, 0.1) is 29.8 Å². The molecule has 0 spiro atoms. The van der Waals surface area contributed by atoms with Gasteiger partial charge in [0, 0.05) is 25.7 Å². The highest BCUT2D eigenvalue weighted by molar-refractivity contribution is 7.99. The lowest BCUT2D eigenvalue weighted by Crippen LogP contribution is -2.29. The monoisotopic (exact) mass is 437 g/mol. The lowest BCUT2D eigenvalue weighted by atomic mass is 10.2. The predicted molar refractivity (Wildman–Crippen MR) is 114 cm³/mol. The van der Waals surface area contributed by atoms with Crippen molar-refractivity contribution in [1.29, 1.82) is 0 Å². The van der Waals surface area contributed by atoms with E-state index in [1.54, 1.807) is 53.2 Å². The number of carbonyl (C=O) groups is 1. The topological polar surface area (TPSA) is 64.4 Å². The van der Waals surface area contributed by atoms with Gasteiger partial charge in [-0.2, -0.15) is 11.3 Å². The second kappa shape index (κ2) is 9.56. The largest absolute Gasteiger partial charge is 0.383 e. The van der Waals surface area contributed by atoms with Crippen LogP contribution in [0.3, 0.4) is 0 Å². The Kier molecular flexibility index (Phi) is 7.12. The number of thioether (sulfide) groups is 1. The summed E-state index contributed by atoms with van der Waals surface area (Å²) in [5, 5.41) is 5.49. The summed E-state index contributed by atoms with van der Waals surface area (Å²) in [7, 11) is 3.35. The Morgan fingerprint density at radius 1 is 1.39 bits per heavy atom. The molecule has 3 rings (SSSR count). The Balaban J connectivity index is 1.82. The van der Waals surface area contributed by atoms with E-state index in [4.69, 9.17) is 16.3 Å². The minimum absolute atomic E-state index is 0.0325. The Morgan fingerprint density at radius 3 is 2.93 bits per heavy atom. The van der Waals surface area contributed by atoms with Gasteiger partial charge in [0.1, 0.15) is 0 Å². The summed E-state index contributed by atoms with van der Waals surface area (Å²) in [6.45, 7) is 1.29. The Hall–Kier alpha value is -1.87. The van der Waals surface area contributed by atoms with Crippen LogP contribution >= 0.6 is 34.7 Å². The van der Waals surface area contributed by atoms with Gasteiger partial charge in [0.25, 0.3) is 5.56 Å². The third kappa shape index (κ3) is 4.94. The zero-order chi connectivity index (χ0) is 20.1. The highest BCUT2D eigenvalue weighted by Gasteiger charge is 2.16. The van der Waals surface area contributed by atoms with Gasteiger partial charge in [0.15, 0.2) is 5.16 Å². The van der Waals surface area contributed by atoms with Crippen LogP contribution in [0.1, 0.15) is 5.56 Å². The molecule has 0 fully saturated rings. The first kappa shape index (κ1) is 20.9. The summed E-state index contributed by atoms with van der Waals surface area (Å²) >= 11 is 8.90. The smallest absolute Gasteiger partial charge is 0.262 e. The molecule has 148 valence electrons. The van der Waals surface area contributed by atoms with E-state index < -0.39 is 0 Å². The van der Waals surface area contributed by atoms with Gasteiger partial charge in [-0.3, -0.25) is 14.2 Å². The second-order valence-electron chi connectivity index (χ2n) is 6.18. The van der Waals surface area contributed by atoms with Gasteiger partial charge in [-0.05, 0) is 40.6 Å². The molecule has 0 aliphatic carbocycles. The zero-order valence-electron chi connectivity index (χ0n) is 15.6. The number of ether oxygens (including phenoxy) is 1. The summed E-state index contributed by atoms with van der Waals surface area (Å²) < 4.78 is 6.67. The third-order valence-electron chi connectivity index (χ3n) is 4.15. The number of thiophene rings is 1. The molecule has 1 aromatic carbocycles. The molecule has 0 unspecified atom stereocenters. The fourth-order valence-electron chi connectivity index (χ4n) is 2.64. The molecule has 28 heavy (non-hydrogen) atoms. The van der Waals surface area contributed by atoms with Crippen molar-refractivity contribution in [2.24, 2.45) is 0 Å². The van der Waals surface area contributed by atoms with E-state index in [9.17, 15) is 9.59 Å². The molecular weight excluding hydrogens is 418 g/mol. The first-order valence-electron chi connectivity index (χ1n) is 8.56. The van der Waals surface area contributed by atoms with Crippen molar-refractivity contribution in [1.82, 2.24) is 14.5 Å². The molecule has 2 aromatic heterocycles. The fourth-order valence-corrected chi connectivity index (χ4v) is 4.44. The quantitative estimate of drug-likeness (QED) is 0.398. The van der Waals surface area contributed by atoms with Crippen molar-refractivity contribution < 1.29 is 9.53 Å².